The molecule has 2 N–H and O–H groups in total. The minimum atomic E-state index is -0.0296. The molecule has 0 aliphatic carbocycles. The van der Waals surface area contributed by atoms with E-state index in [2.05, 4.69) is 10.6 Å². The van der Waals surface area contributed by atoms with Crippen LogP contribution >= 0.6 is 0 Å². The van der Waals surface area contributed by atoms with Crippen molar-refractivity contribution in [3.8, 4) is 11.5 Å². The fraction of sp³-hybridized carbons (Fsp3) is 0.316. The Morgan fingerprint density at radius 2 is 1.67 bits per heavy atom. The van der Waals surface area contributed by atoms with Gasteiger partial charge in [-0.2, -0.15) is 0 Å². The van der Waals surface area contributed by atoms with Crippen molar-refractivity contribution in [2.75, 3.05) is 23.8 Å². The van der Waals surface area contributed by atoms with Crippen LogP contribution in [0.1, 0.15) is 19.4 Å². The van der Waals surface area contributed by atoms with Gasteiger partial charge < -0.3 is 20.1 Å². The molecule has 2 aromatic carbocycles. The Kier molecular flexibility index (Phi) is 4.89. The maximum absolute atomic E-state index is 11.7. The molecular formula is C19H22N2O3. The molecule has 0 saturated heterocycles. The molecule has 0 saturated carbocycles. The summed E-state index contributed by atoms with van der Waals surface area (Å²) in [5, 5.41) is 6.24. The highest BCUT2D eigenvalue weighted by Gasteiger charge is 2.11. The maximum atomic E-state index is 11.7. The smallest absolute Gasteiger partial charge is 0.226 e. The molecule has 0 atom stereocenters. The van der Waals surface area contributed by atoms with Crippen LogP contribution in [0.15, 0.2) is 42.5 Å². The van der Waals surface area contributed by atoms with Gasteiger partial charge in [0, 0.05) is 23.8 Å². The average molecular weight is 326 g/mol. The molecule has 1 amide bonds. The van der Waals surface area contributed by atoms with E-state index in [0.29, 0.717) is 19.8 Å². The lowest BCUT2D eigenvalue weighted by molar-refractivity contribution is -0.118. The van der Waals surface area contributed by atoms with E-state index in [-0.39, 0.29) is 11.8 Å². The van der Waals surface area contributed by atoms with Crippen LogP contribution in [0.5, 0.6) is 11.5 Å². The van der Waals surface area contributed by atoms with E-state index in [1.54, 1.807) is 0 Å². The molecular weight excluding hydrogens is 304 g/mol. The normalized spacial score (nSPS) is 12.8. The predicted molar refractivity (Wildman–Crippen MR) is 94.7 cm³/mol. The molecule has 0 fully saturated rings. The Hall–Kier alpha value is -2.69. The number of anilines is 2. The molecule has 2 aromatic rings. The minimum Gasteiger partial charge on any atom is -0.486 e. The third-order valence-corrected chi connectivity index (χ3v) is 3.78. The lowest BCUT2D eigenvalue weighted by Crippen LogP contribution is -2.17. The number of hydrogen-bond donors (Lipinski definition) is 2. The number of rotatable bonds is 5. The number of carbonyl (C=O) groups is 1. The third kappa shape index (κ3) is 3.98. The van der Waals surface area contributed by atoms with Crippen LogP contribution in [0, 0.1) is 5.92 Å². The second-order valence-electron chi connectivity index (χ2n) is 6.05. The molecule has 1 aliphatic rings. The summed E-state index contributed by atoms with van der Waals surface area (Å²) in [6.45, 7) is 5.63. The molecule has 0 bridgehead atoms. The molecule has 1 heterocycles. The first-order valence-electron chi connectivity index (χ1n) is 8.15. The van der Waals surface area contributed by atoms with Crippen LogP contribution in [-0.4, -0.2) is 19.1 Å². The number of hydrogen-bond acceptors (Lipinski definition) is 4. The highest BCUT2D eigenvalue weighted by atomic mass is 16.6. The van der Waals surface area contributed by atoms with Crippen molar-refractivity contribution in [3.63, 3.8) is 0 Å². The summed E-state index contributed by atoms with van der Waals surface area (Å²) in [6, 6.07) is 13.7. The number of benzene rings is 2. The highest BCUT2D eigenvalue weighted by Crippen LogP contribution is 2.31. The summed E-state index contributed by atoms with van der Waals surface area (Å²) in [5.41, 5.74) is 2.92. The Labute approximate surface area is 142 Å². The van der Waals surface area contributed by atoms with Crippen LogP contribution in [0.4, 0.5) is 11.4 Å². The zero-order valence-electron chi connectivity index (χ0n) is 14.0. The van der Waals surface area contributed by atoms with E-state index in [4.69, 9.17) is 9.47 Å². The summed E-state index contributed by atoms with van der Waals surface area (Å²) >= 11 is 0. The molecule has 1 aliphatic heterocycles. The fourth-order valence-electron chi connectivity index (χ4n) is 2.36. The summed E-state index contributed by atoms with van der Waals surface area (Å²) in [4.78, 5) is 11.7. The quantitative estimate of drug-likeness (QED) is 0.880. The predicted octanol–water partition coefficient (Wildman–Crippen LogP) is 3.66. The molecule has 0 spiro atoms. The number of amides is 1. The van der Waals surface area contributed by atoms with E-state index < -0.39 is 0 Å². The van der Waals surface area contributed by atoms with Crippen molar-refractivity contribution >= 4 is 17.3 Å². The van der Waals surface area contributed by atoms with Gasteiger partial charge >= 0.3 is 0 Å². The van der Waals surface area contributed by atoms with Crippen molar-refractivity contribution in [1.29, 1.82) is 0 Å². The highest BCUT2D eigenvalue weighted by molar-refractivity contribution is 5.92. The van der Waals surface area contributed by atoms with Crippen molar-refractivity contribution in [2.45, 2.75) is 20.4 Å². The molecule has 24 heavy (non-hydrogen) atoms. The molecule has 5 heteroatoms. The first kappa shape index (κ1) is 16.2. The monoisotopic (exact) mass is 326 g/mol. The zero-order chi connectivity index (χ0) is 16.9. The van der Waals surface area contributed by atoms with Gasteiger partial charge in [-0.1, -0.05) is 19.9 Å². The van der Waals surface area contributed by atoms with E-state index in [1.165, 1.54) is 0 Å². The van der Waals surface area contributed by atoms with Crippen LogP contribution in [0.25, 0.3) is 0 Å². The van der Waals surface area contributed by atoms with Gasteiger partial charge in [0.25, 0.3) is 0 Å². The van der Waals surface area contributed by atoms with Gasteiger partial charge in [-0.05, 0) is 42.0 Å². The van der Waals surface area contributed by atoms with Crippen LogP contribution in [-0.2, 0) is 11.3 Å². The largest absolute Gasteiger partial charge is 0.486 e. The molecule has 5 nitrogen and oxygen atoms in total. The number of ether oxygens (including phenoxy) is 2. The molecule has 0 unspecified atom stereocenters. The van der Waals surface area contributed by atoms with Crippen molar-refractivity contribution in [1.82, 2.24) is 0 Å². The number of nitrogens with one attached hydrogen (secondary N) is 2. The van der Waals surface area contributed by atoms with Gasteiger partial charge in [-0.3, -0.25) is 4.79 Å². The van der Waals surface area contributed by atoms with Crippen molar-refractivity contribution in [3.05, 3.63) is 48.0 Å². The average Bonchev–Trinajstić information content (AvgIpc) is 2.61. The Morgan fingerprint density at radius 1 is 1.00 bits per heavy atom. The minimum absolute atomic E-state index is 0.0204. The maximum Gasteiger partial charge on any atom is 0.226 e. The molecule has 0 aromatic heterocycles. The van der Waals surface area contributed by atoms with Gasteiger partial charge in [-0.25, -0.2) is 0 Å². The van der Waals surface area contributed by atoms with Gasteiger partial charge in [0.1, 0.15) is 13.2 Å². The SMILES string of the molecule is CC(C)C(=O)Nc1ccc(NCc2ccc3c(c2)OCCO3)cc1. The lowest BCUT2D eigenvalue weighted by Gasteiger charge is -2.19. The number of carbonyl (C=O) groups excluding carboxylic acids is 1. The van der Waals surface area contributed by atoms with Crippen LogP contribution < -0.4 is 20.1 Å². The van der Waals surface area contributed by atoms with Crippen molar-refractivity contribution < 1.29 is 14.3 Å². The summed E-state index contributed by atoms with van der Waals surface area (Å²) in [6.07, 6.45) is 0. The standard InChI is InChI=1S/C19H22N2O3/c1-13(2)19(22)21-16-6-4-15(5-7-16)20-12-14-3-8-17-18(11-14)24-10-9-23-17/h3-8,11,13,20H,9-10,12H2,1-2H3,(H,21,22). The first-order chi connectivity index (χ1) is 11.6. The van der Waals surface area contributed by atoms with E-state index in [0.717, 1.165) is 28.4 Å². The van der Waals surface area contributed by atoms with E-state index in [9.17, 15) is 4.79 Å². The third-order valence-electron chi connectivity index (χ3n) is 3.78. The zero-order valence-corrected chi connectivity index (χ0v) is 14.0. The van der Waals surface area contributed by atoms with Gasteiger partial charge in [0.15, 0.2) is 11.5 Å². The second-order valence-corrected chi connectivity index (χ2v) is 6.05. The van der Waals surface area contributed by atoms with E-state index >= 15 is 0 Å². The van der Waals surface area contributed by atoms with E-state index in [1.807, 2.05) is 56.3 Å². The second kappa shape index (κ2) is 7.25. The molecule has 126 valence electrons. The Morgan fingerprint density at radius 3 is 2.38 bits per heavy atom. The summed E-state index contributed by atoms with van der Waals surface area (Å²) in [5.74, 6) is 1.59. The number of fused-ring (bicyclic) bond motifs is 1. The molecule has 0 radical (unpaired) electrons. The summed E-state index contributed by atoms with van der Waals surface area (Å²) in [7, 11) is 0. The Bertz CT molecular complexity index is 711. The van der Waals surface area contributed by atoms with Crippen LogP contribution in [0.3, 0.4) is 0 Å². The Balaban J connectivity index is 1.58. The van der Waals surface area contributed by atoms with Gasteiger partial charge in [-0.15, -0.1) is 0 Å². The lowest BCUT2D eigenvalue weighted by atomic mass is 10.2. The van der Waals surface area contributed by atoms with Gasteiger partial charge in [0.2, 0.25) is 5.91 Å². The van der Waals surface area contributed by atoms with Crippen LogP contribution in [0.2, 0.25) is 0 Å². The topological polar surface area (TPSA) is 59.6 Å². The fourth-order valence-corrected chi connectivity index (χ4v) is 2.36. The molecule has 3 rings (SSSR count). The van der Waals surface area contributed by atoms with Gasteiger partial charge in [0.05, 0.1) is 0 Å². The first-order valence-corrected chi connectivity index (χ1v) is 8.15. The van der Waals surface area contributed by atoms with Crippen molar-refractivity contribution in [2.24, 2.45) is 5.92 Å². The summed E-state index contributed by atoms with van der Waals surface area (Å²) < 4.78 is 11.1.